The molecule has 2 rings (SSSR count). The number of sulfone groups is 1. The van der Waals surface area contributed by atoms with Crippen LogP contribution in [0.4, 0.5) is 0 Å². The molecule has 1 N–H and O–H groups in total. The van der Waals surface area contributed by atoms with E-state index in [9.17, 15) is 8.42 Å². The lowest BCUT2D eigenvalue weighted by atomic mass is 10.3. The summed E-state index contributed by atoms with van der Waals surface area (Å²) in [6, 6.07) is 2.06. The molecule has 1 fully saturated rings. The Balaban J connectivity index is 1.84. The molecule has 20 heavy (non-hydrogen) atoms. The first-order chi connectivity index (χ1) is 9.59. The summed E-state index contributed by atoms with van der Waals surface area (Å²) < 4.78 is 28.7. The highest BCUT2D eigenvalue weighted by Gasteiger charge is 2.19. The second kappa shape index (κ2) is 7.24. The zero-order valence-electron chi connectivity index (χ0n) is 12.1. The third-order valence-electron chi connectivity index (χ3n) is 3.49. The standard InChI is InChI=1S/C14H24N2O3S/c1-2-4-15-10-13-9-14(19-12-13)11-16-5-3-7-20(17,18)8-6-16/h9,12,15H,2-8,10-11H2,1H3. The van der Waals surface area contributed by atoms with Crippen molar-refractivity contribution in [2.75, 3.05) is 31.1 Å². The van der Waals surface area contributed by atoms with Crippen LogP contribution in [0.15, 0.2) is 16.7 Å². The van der Waals surface area contributed by atoms with Crippen LogP contribution < -0.4 is 5.32 Å². The number of nitrogens with one attached hydrogen (secondary N) is 1. The second-order valence-corrected chi connectivity index (χ2v) is 7.68. The summed E-state index contributed by atoms with van der Waals surface area (Å²) in [6.07, 6.45) is 3.62. The van der Waals surface area contributed by atoms with Gasteiger partial charge in [-0.15, -0.1) is 0 Å². The Kier molecular flexibility index (Phi) is 5.63. The summed E-state index contributed by atoms with van der Waals surface area (Å²) in [4.78, 5) is 2.16. The minimum atomic E-state index is -2.84. The number of rotatable bonds is 6. The van der Waals surface area contributed by atoms with E-state index in [4.69, 9.17) is 4.42 Å². The average Bonchev–Trinajstić information content (AvgIpc) is 2.76. The largest absolute Gasteiger partial charge is 0.468 e. The van der Waals surface area contributed by atoms with Crippen molar-refractivity contribution in [3.63, 3.8) is 0 Å². The van der Waals surface area contributed by atoms with Gasteiger partial charge in [0.2, 0.25) is 0 Å². The van der Waals surface area contributed by atoms with Crippen molar-refractivity contribution in [3.8, 4) is 0 Å². The third kappa shape index (κ3) is 4.92. The van der Waals surface area contributed by atoms with Gasteiger partial charge in [-0.25, -0.2) is 8.42 Å². The molecule has 0 atom stereocenters. The molecule has 114 valence electrons. The molecule has 0 aromatic carbocycles. The first-order valence-electron chi connectivity index (χ1n) is 7.29. The fourth-order valence-electron chi connectivity index (χ4n) is 2.38. The average molecular weight is 300 g/mol. The molecule has 0 amide bonds. The highest BCUT2D eigenvalue weighted by Crippen LogP contribution is 2.13. The van der Waals surface area contributed by atoms with E-state index >= 15 is 0 Å². The Hall–Kier alpha value is -0.850. The topological polar surface area (TPSA) is 62.6 Å². The van der Waals surface area contributed by atoms with Crippen molar-refractivity contribution >= 4 is 9.84 Å². The van der Waals surface area contributed by atoms with Gasteiger partial charge in [-0.1, -0.05) is 6.92 Å². The Labute approximate surface area is 121 Å². The zero-order chi connectivity index (χ0) is 14.4. The zero-order valence-corrected chi connectivity index (χ0v) is 12.9. The summed E-state index contributed by atoms with van der Waals surface area (Å²) in [6.45, 7) is 6.09. The van der Waals surface area contributed by atoms with Gasteiger partial charge in [0.25, 0.3) is 0 Å². The Morgan fingerprint density at radius 1 is 1.35 bits per heavy atom. The van der Waals surface area contributed by atoms with E-state index in [2.05, 4.69) is 23.2 Å². The first-order valence-corrected chi connectivity index (χ1v) is 9.11. The number of nitrogens with zero attached hydrogens (tertiary/aromatic N) is 1. The van der Waals surface area contributed by atoms with Crippen LogP contribution in [-0.2, 0) is 22.9 Å². The third-order valence-corrected chi connectivity index (χ3v) is 5.21. The van der Waals surface area contributed by atoms with Crippen LogP contribution in [0, 0.1) is 0 Å². The van der Waals surface area contributed by atoms with Gasteiger partial charge in [0, 0.05) is 18.7 Å². The van der Waals surface area contributed by atoms with Crippen LogP contribution in [0.5, 0.6) is 0 Å². The maximum absolute atomic E-state index is 11.6. The quantitative estimate of drug-likeness (QED) is 0.805. The Morgan fingerprint density at radius 2 is 2.20 bits per heavy atom. The van der Waals surface area contributed by atoms with E-state index in [-0.39, 0.29) is 5.75 Å². The first kappa shape index (κ1) is 15.5. The van der Waals surface area contributed by atoms with E-state index in [1.54, 1.807) is 6.26 Å². The van der Waals surface area contributed by atoms with E-state index in [1.807, 2.05) is 0 Å². The second-order valence-electron chi connectivity index (χ2n) is 5.38. The Morgan fingerprint density at radius 3 is 3.00 bits per heavy atom. The fraction of sp³-hybridized carbons (Fsp3) is 0.714. The molecule has 1 aromatic heterocycles. The van der Waals surface area contributed by atoms with Gasteiger partial charge in [-0.3, -0.25) is 4.90 Å². The molecule has 1 aliphatic rings. The number of furan rings is 1. The lowest BCUT2D eigenvalue weighted by molar-refractivity contribution is 0.262. The lowest BCUT2D eigenvalue weighted by Crippen LogP contribution is -2.26. The van der Waals surface area contributed by atoms with Gasteiger partial charge in [-0.05, 0) is 32.0 Å². The molecule has 0 bridgehead atoms. The molecule has 1 aromatic rings. The number of hydrogen-bond donors (Lipinski definition) is 1. The molecule has 5 nitrogen and oxygen atoms in total. The number of hydrogen-bond acceptors (Lipinski definition) is 5. The molecular weight excluding hydrogens is 276 g/mol. The minimum Gasteiger partial charge on any atom is -0.468 e. The van der Waals surface area contributed by atoms with E-state index in [1.165, 1.54) is 0 Å². The van der Waals surface area contributed by atoms with Gasteiger partial charge >= 0.3 is 0 Å². The fourth-order valence-corrected chi connectivity index (χ4v) is 3.69. The highest BCUT2D eigenvalue weighted by atomic mass is 32.2. The molecule has 1 saturated heterocycles. The molecule has 6 heteroatoms. The molecule has 2 heterocycles. The molecule has 1 aliphatic heterocycles. The van der Waals surface area contributed by atoms with Gasteiger partial charge in [0.15, 0.2) is 9.84 Å². The van der Waals surface area contributed by atoms with E-state index in [0.29, 0.717) is 25.3 Å². The van der Waals surface area contributed by atoms with Gasteiger partial charge < -0.3 is 9.73 Å². The highest BCUT2D eigenvalue weighted by molar-refractivity contribution is 7.91. The summed E-state index contributed by atoms with van der Waals surface area (Å²) in [7, 11) is -2.84. The van der Waals surface area contributed by atoms with Crippen LogP contribution in [0.25, 0.3) is 0 Å². The smallest absolute Gasteiger partial charge is 0.151 e. The van der Waals surface area contributed by atoms with Crippen molar-refractivity contribution < 1.29 is 12.8 Å². The summed E-state index contributed by atoms with van der Waals surface area (Å²) in [5.41, 5.74) is 1.15. The Bertz CT molecular complexity index is 510. The summed E-state index contributed by atoms with van der Waals surface area (Å²) in [5, 5.41) is 3.34. The predicted molar refractivity (Wildman–Crippen MR) is 79.3 cm³/mol. The van der Waals surface area contributed by atoms with Gasteiger partial charge in [-0.2, -0.15) is 0 Å². The van der Waals surface area contributed by atoms with Crippen LogP contribution in [0.3, 0.4) is 0 Å². The van der Waals surface area contributed by atoms with E-state index in [0.717, 1.165) is 37.4 Å². The van der Waals surface area contributed by atoms with Crippen LogP contribution in [-0.4, -0.2) is 44.5 Å². The van der Waals surface area contributed by atoms with Crippen molar-refractivity contribution in [1.82, 2.24) is 10.2 Å². The molecule has 0 spiro atoms. The lowest BCUT2D eigenvalue weighted by Gasteiger charge is -2.17. The van der Waals surface area contributed by atoms with Crippen LogP contribution >= 0.6 is 0 Å². The summed E-state index contributed by atoms with van der Waals surface area (Å²) >= 11 is 0. The van der Waals surface area contributed by atoms with Gasteiger partial charge in [0.05, 0.1) is 24.3 Å². The molecule has 0 unspecified atom stereocenters. The van der Waals surface area contributed by atoms with Crippen molar-refractivity contribution in [1.29, 1.82) is 0 Å². The molecule has 0 aliphatic carbocycles. The molecule has 0 radical (unpaired) electrons. The minimum absolute atomic E-state index is 0.263. The van der Waals surface area contributed by atoms with E-state index < -0.39 is 9.84 Å². The maximum Gasteiger partial charge on any atom is 0.151 e. The van der Waals surface area contributed by atoms with Crippen molar-refractivity contribution in [2.24, 2.45) is 0 Å². The SMILES string of the molecule is CCCNCc1coc(CN2CCCS(=O)(=O)CC2)c1. The maximum atomic E-state index is 11.6. The van der Waals surface area contributed by atoms with Crippen molar-refractivity contribution in [2.45, 2.75) is 32.9 Å². The summed E-state index contributed by atoms with van der Waals surface area (Å²) in [5.74, 6) is 1.49. The predicted octanol–water partition coefficient (Wildman–Crippen LogP) is 1.40. The normalized spacial score (nSPS) is 19.9. The monoisotopic (exact) mass is 300 g/mol. The molecule has 0 saturated carbocycles. The van der Waals surface area contributed by atoms with Crippen LogP contribution in [0.2, 0.25) is 0 Å². The van der Waals surface area contributed by atoms with Crippen molar-refractivity contribution in [3.05, 3.63) is 23.7 Å². The van der Waals surface area contributed by atoms with Crippen LogP contribution in [0.1, 0.15) is 31.1 Å². The molecular formula is C14H24N2O3S. The van der Waals surface area contributed by atoms with Gasteiger partial charge in [0.1, 0.15) is 5.76 Å².